The van der Waals surface area contributed by atoms with Crippen molar-refractivity contribution < 1.29 is 9.53 Å². The highest BCUT2D eigenvalue weighted by Crippen LogP contribution is 2.23. The Bertz CT molecular complexity index is 275. The Morgan fingerprint density at radius 3 is 2.56 bits per heavy atom. The van der Waals surface area contributed by atoms with E-state index in [4.69, 9.17) is 10.5 Å². The molecule has 0 bridgehead atoms. The second-order valence-electron chi connectivity index (χ2n) is 5.07. The van der Waals surface area contributed by atoms with E-state index < -0.39 is 11.8 Å². The largest absolute Gasteiger partial charge is 0.460 e. The summed E-state index contributed by atoms with van der Waals surface area (Å²) in [4.78, 5) is 22.1. The van der Waals surface area contributed by atoms with E-state index in [0.29, 0.717) is 19.4 Å². The molecule has 0 saturated carbocycles. The molecule has 6 nitrogen and oxygen atoms in total. The van der Waals surface area contributed by atoms with Gasteiger partial charge in [0.2, 0.25) is 0 Å². The molecule has 0 radical (unpaired) electrons. The Morgan fingerprint density at radius 1 is 1.50 bits per heavy atom. The van der Waals surface area contributed by atoms with Crippen molar-refractivity contribution in [3.05, 3.63) is 4.91 Å². The highest BCUT2D eigenvalue weighted by Gasteiger charge is 2.33. The number of carbonyl (C=O) groups excluding carboxylic acids is 1. The maximum Gasteiger partial charge on any atom is 0.309 e. The van der Waals surface area contributed by atoms with E-state index in [-0.39, 0.29) is 11.9 Å². The van der Waals surface area contributed by atoms with Crippen LogP contribution in [-0.4, -0.2) is 29.3 Å². The maximum atomic E-state index is 11.7. The van der Waals surface area contributed by atoms with Gasteiger partial charge in [0.05, 0.1) is 17.4 Å². The van der Waals surface area contributed by atoms with E-state index in [1.165, 1.54) is 5.01 Å². The zero-order chi connectivity index (χ0) is 12.3. The minimum atomic E-state index is -0.485. The molecule has 1 heterocycles. The number of nitroso groups, excluding NO2 is 1. The summed E-state index contributed by atoms with van der Waals surface area (Å²) in [6, 6.07) is 0. The lowest BCUT2D eigenvalue weighted by atomic mass is 9.95. The topological polar surface area (TPSA) is 85.0 Å². The molecule has 1 aliphatic heterocycles. The van der Waals surface area contributed by atoms with Crippen LogP contribution in [0.3, 0.4) is 0 Å². The molecule has 0 amide bonds. The van der Waals surface area contributed by atoms with Crippen molar-refractivity contribution in [3.63, 3.8) is 0 Å². The van der Waals surface area contributed by atoms with Gasteiger partial charge in [0, 0.05) is 6.54 Å². The van der Waals surface area contributed by atoms with E-state index >= 15 is 0 Å². The second-order valence-corrected chi connectivity index (χ2v) is 5.07. The molecule has 16 heavy (non-hydrogen) atoms. The number of hydrogen-bond donors (Lipinski definition) is 1. The van der Waals surface area contributed by atoms with Gasteiger partial charge >= 0.3 is 5.97 Å². The van der Waals surface area contributed by atoms with Crippen molar-refractivity contribution in [2.75, 3.05) is 6.54 Å². The third kappa shape index (κ3) is 3.44. The first-order chi connectivity index (χ1) is 7.33. The smallest absolute Gasteiger partial charge is 0.309 e. The SMILES string of the molecule is CC(C)(C)OC(=O)C1CCN(N=O)C(N)C1. The minimum Gasteiger partial charge on any atom is -0.460 e. The van der Waals surface area contributed by atoms with Crippen molar-refractivity contribution >= 4 is 5.97 Å². The lowest BCUT2D eigenvalue weighted by molar-refractivity contribution is -0.162. The van der Waals surface area contributed by atoms with Crippen molar-refractivity contribution in [2.45, 2.75) is 45.4 Å². The number of ether oxygens (including phenoxy) is 1. The van der Waals surface area contributed by atoms with Crippen LogP contribution in [0.5, 0.6) is 0 Å². The number of piperidine rings is 1. The van der Waals surface area contributed by atoms with E-state index in [9.17, 15) is 9.70 Å². The molecular formula is C10H19N3O3. The second kappa shape index (κ2) is 4.78. The first-order valence-corrected chi connectivity index (χ1v) is 5.42. The third-order valence-electron chi connectivity index (χ3n) is 2.46. The first-order valence-electron chi connectivity index (χ1n) is 5.42. The van der Waals surface area contributed by atoms with Gasteiger partial charge in [0.25, 0.3) is 0 Å². The summed E-state index contributed by atoms with van der Waals surface area (Å²) < 4.78 is 5.27. The number of nitrogens with two attached hydrogens (primary N) is 1. The summed E-state index contributed by atoms with van der Waals surface area (Å²) in [5, 5.41) is 4.07. The molecule has 0 aliphatic carbocycles. The summed E-state index contributed by atoms with van der Waals surface area (Å²) in [7, 11) is 0. The van der Waals surface area contributed by atoms with Crippen LogP contribution in [0.15, 0.2) is 5.29 Å². The average Bonchev–Trinajstić information content (AvgIpc) is 2.15. The fraction of sp³-hybridized carbons (Fsp3) is 0.900. The predicted molar refractivity (Wildman–Crippen MR) is 59.0 cm³/mol. The predicted octanol–water partition coefficient (Wildman–Crippen LogP) is 1.01. The lowest BCUT2D eigenvalue weighted by Crippen LogP contribution is -2.47. The Kier molecular flexibility index (Phi) is 3.85. The van der Waals surface area contributed by atoms with E-state index in [1.807, 2.05) is 20.8 Å². The molecule has 1 saturated heterocycles. The van der Waals surface area contributed by atoms with Gasteiger partial charge in [-0.1, -0.05) is 0 Å². The maximum absolute atomic E-state index is 11.7. The molecular weight excluding hydrogens is 210 g/mol. The molecule has 0 spiro atoms. The number of carbonyl (C=O) groups is 1. The van der Waals surface area contributed by atoms with Crippen LogP contribution in [0, 0.1) is 10.8 Å². The Morgan fingerprint density at radius 2 is 2.12 bits per heavy atom. The van der Waals surface area contributed by atoms with Crippen molar-refractivity contribution in [3.8, 4) is 0 Å². The van der Waals surface area contributed by atoms with Crippen LogP contribution in [0.4, 0.5) is 0 Å². The lowest BCUT2D eigenvalue weighted by Gasteiger charge is -2.33. The van der Waals surface area contributed by atoms with Gasteiger partial charge in [-0.05, 0) is 33.6 Å². The zero-order valence-corrected chi connectivity index (χ0v) is 9.97. The quantitative estimate of drug-likeness (QED) is 0.564. The van der Waals surface area contributed by atoms with Crippen molar-refractivity contribution in [1.29, 1.82) is 0 Å². The Labute approximate surface area is 95.1 Å². The summed E-state index contributed by atoms with van der Waals surface area (Å²) in [6.07, 6.45) is 0.499. The number of rotatable bonds is 2. The monoisotopic (exact) mass is 229 g/mol. The van der Waals surface area contributed by atoms with Crippen LogP contribution in [0.2, 0.25) is 0 Å². The van der Waals surface area contributed by atoms with Gasteiger partial charge in [-0.25, -0.2) is 5.01 Å². The van der Waals surface area contributed by atoms with Gasteiger partial charge in [0.15, 0.2) is 0 Å². The molecule has 0 aromatic carbocycles. The molecule has 1 aliphatic rings. The van der Waals surface area contributed by atoms with Crippen molar-refractivity contribution in [1.82, 2.24) is 5.01 Å². The highest BCUT2D eigenvalue weighted by molar-refractivity contribution is 5.73. The number of esters is 1. The van der Waals surface area contributed by atoms with Gasteiger partial charge in [-0.3, -0.25) is 4.79 Å². The normalized spacial score (nSPS) is 26.4. The molecule has 2 atom stereocenters. The van der Waals surface area contributed by atoms with Crippen LogP contribution in [-0.2, 0) is 9.53 Å². The average molecular weight is 229 g/mol. The van der Waals surface area contributed by atoms with Crippen molar-refractivity contribution in [2.24, 2.45) is 16.9 Å². The summed E-state index contributed by atoms with van der Waals surface area (Å²) in [5.74, 6) is -0.472. The summed E-state index contributed by atoms with van der Waals surface area (Å²) in [5.41, 5.74) is 5.22. The summed E-state index contributed by atoms with van der Waals surface area (Å²) in [6.45, 7) is 5.89. The fourth-order valence-electron chi connectivity index (χ4n) is 1.69. The van der Waals surface area contributed by atoms with Gasteiger partial charge in [-0.15, -0.1) is 4.91 Å². The van der Waals surface area contributed by atoms with E-state index in [1.54, 1.807) is 0 Å². The number of hydrogen-bond acceptors (Lipinski definition) is 5. The third-order valence-corrected chi connectivity index (χ3v) is 2.46. The van der Waals surface area contributed by atoms with Gasteiger partial charge in [-0.2, -0.15) is 0 Å². The zero-order valence-electron chi connectivity index (χ0n) is 9.97. The van der Waals surface area contributed by atoms with Crippen LogP contribution in [0.25, 0.3) is 0 Å². The molecule has 0 aromatic rings. The highest BCUT2D eigenvalue weighted by atomic mass is 16.6. The van der Waals surface area contributed by atoms with Gasteiger partial charge < -0.3 is 10.5 Å². The van der Waals surface area contributed by atoms with E-state index in [2.05, 4.69) is 5.29 Å². The number of nitrogens with zero attached hydrogens (tertiary/aromatic N) is 2. The molecule has 2 N–H and O–H groups in total. The molecule has 6 heteroatoms. The molecule has 1 rings (SSSR count). The van der Waals surface area contributed by atoms with E-state index in [0.717, 1.165) is 0 Å². The standard InChI is InChI=1S/C10H19N3O3/c1-10(2,3)16-9(14)7-4-5-13(12-15)8(11)6-7/h7-8H,4-6,11H2,1-3H3. The first kappa shape index (κ1) is 12.9. The Hall–Kier alpha value is -1.17. The molecule has 0 aromatic heterocycles. The molecule has 92 valence electrons. The van der Waals surface area contributed by atoms with Crippen LogP contribution < -0.4 is 5.73 Å². The summed E-state index contributed by atoms with van der Waals surface area (Å²) >= 11 is 0. The molecule has 2 unspecified atom stereocenters. The molecule has 1 fully saturated rings. The van der Waals surface area contributed by atoms with Crippen LogP contribution in [0.1, 0.15) is 33.6 Å². The fourth-order valence-corrected chi connectivity index (χ4v) is 1.69. The Balaban J connectivity index is 2.51. The van der Waals surface area contributed by atoms with Crippen LogP contribution >= 0.6 is 0 Å². The van der Waals surface area contributed by atoms with Gasteiger partial charge in [0.1, 0.15) is 5.60 Å². The minimum absolute atomic E-state index is 0.229.